The zero-order valence-corrected chi connectivity index (χ0v) is 16.9. The fraction of sp³-hybridized carbons (Fsp3) is 0.182. The van der Waals surface area contributed by atoms with Gasteiger partial charge in [-0.1, -0.05) is 24.3 Å². The Kier molecular flexibility index (Phi) is 4.76. The van der Waals surface area contributed by atoms with Gasteiger partial charge >= 0.3 is 0 Å². The normalized spacial score (nSPS) is 14.3. The van der Waals surface area contributed by atoms with Gasteiger partial charge in [-0.25, -0.2) is 0 Å². The monoisotopic (exact) mass is 417 g/mol. The van der Waals surface area contributed by atoms with E-state index < -0.39 is 11.7 Å². The summed E-state index contributed by atoms with van der Waals surface area (Å²) < 4.78 is 0. The van der Waals surface area contributed by atoms with E-state index in [4.69, 9.17) is 0 Å². The number of hydrogen-bond donors (Lipinski definition) is 1. The first-order valence-corrected chi connectivity index (χ1v) is 10.6. The summed E-state index contributed by atoms with van der Waals surface area (Å²) in [6.07, 6.45) is 1.62. The van der Waals surface area contributed by atoms with Crippen LogP contribution in [0.4, 0.5) is 5.82 Å². The molecule has 7 nitrogen and oxygen atoms in total. The molecule has 5 rings (SSSR count). The number of piperazine rings is 1. The average Bonchev–Trinajstić information content (AvgIpc) is 3.49. The quantitative estimate of drug-likeness (QED) is 0.407. The average molecular weight is 417 g/mol. The first kappa shape index (κ1) is 18.5. The Morgan fingerprint density at radius 2 is 1.77 bits per heavy atom. The van der Waals surface area contributed by atoms with Crippen LogP contribution in [0.2, 0.25) is 0 Å². The van der Waals surface area contributed by atoms with Crippen LogP contribution in [0.5, 0.6) is 0 Å². The number of nitrogens with one attached hydrogen (secondary N) is 1. The number of benzene rings is 1. The highest BCUT2D eigenvalue weighted by atomic mass is 32.1. The number of nitrogens with zero attached hydrogens (tertiary/aromatic N) is 4. The van der Waals surface area contributed by atoms with Crippen LogP contribution in [0.25, 0.3) is 21.5 Å². The molecular formula is C22H19N5O2S. The predicted molar refractivity (Wildman–Crippen MR) is 117 cm³/mol. The summed E-state index contributed by atoms with van der Waals surface area (Å²) in [4.78, 5) is 33.4. The molecule has 0 atom stereocenters. The summed E-state index contributed by atoms with van der Waals surface area (Å²) in [5.74, 6) is -0.148. The maximum Gasteiger partial charge on any atom is 0.295 e. The number of Topliss-reactive ketones (excluding diaryl/α,β-unsaturated/α-hetero) is 1. The van der Waals surface area contributed by atoms with Crippen LogP contribution in [0, 0.1) is 0 Å². The fourth-order valence-corrected chi connectivity index (χ4v) is 4.40. The molecule has 0 bridgehead atoms. The first-order chi connectivity index (χ1) is 14.7. The maximum atomic E-state index is 12.8. The molecule has 1 aliphatic rings. The van der Waals surface area contributed by atoms with Gasteiger partial charge in [0.1, 0.15) is 5.69 Å². The Bertz CT molecular complexity index is 1190. The van der Waals surface area contributed by atoms with Crippen molar-refractivity contribution in [2.75, 3.05) is 31.1 Å². The van der Waals surface area contributed by atoms with Gasteiger partial charge in [0.05, 0.1) is 10.4 Å². The molecule has 3 aromatic heterocycles. The molecule has 1 aromatic carbocycles. The third-order valence-corrected chi connectivity index (χ3v) is 6.24. The van der Waals surface area contributed by atoms with Gasteiger partial charge in [0.15, 0.2) is 5.82 Å². The number of anilines is 1. The number of fused-ring (bicyclic) bond motifs is 1. The zero-order valence-electron chi connectivity index (χ0n) is 16.1. The lowest BCUT2D eigenvalue weighted by atomic mass is 10.1. The number of carbonyl (C=O) groups is 2. The highest BCUT2D eigenvalue weighted by molar-refractivity contribution is 7.13. The first-order valence-electron chi connectivity index (χ1n) is 9.73. The van der Waals surface area contributed by atoms with Gasteiger partial charge in [0.2, 0.25) is 0 Å². The fourth-order valence-electron chi connectivity index (χ4n) is 3.71. The van der Waals surface area contributed by atoms with Gasteiger partial charge in [-0.15, -0.1) is 21.5 Å². The molecule has 0 aliphatic carbocycles. The van der Waals surface area contributed by atoms with Crippen molar-refractivity contribution >= 4 is 39.7 Å². The molecule has 4 aromatic rings. The highest BCUT2D eigenvalue weighted by Crippen LogP contribution is 2.24. The standard InChI is InChI=1S/C22H19N5O2S/c28-21(16-14-23-17-5-2-1-4-15(16)17)22(29)27-11-9-26(10-12-27)20-8-7-18(24-25-20)19-6-3-13-30-19/h1-8,13-14,23H,9-12H2. The Balaban J connectivity index is 1.24. The molecule has 1 aliphatic heterocycles. The molecule has 1 fully saturated rings. The molecule has 1 saturated heterocycles. The molecule has 1 N–H and O–H groups in total. The minimum absolute atomic E-state index is 0.424. The van der Waals surface area contributed by atoms with Crippen molar-refractivity contribution in [2.45, 2.75) is 0 Å². The Morgan fingerprint density at radius 1 is 0.933 bits per heavy atom. The highest BCUT2D eigenvalue weighted by Gasteiger charge is 2.28. The summed E-state index contributed by atoms with van der Waals surface area (Å²) >= 11 is 1.63. The molecule has 0 spiro atoms. The second-order valence-corrected chi connectivity index (χ2v) is 8.06. The van der Waals surface area contributed by atoms with Crippen LogP contribution < -0.4 is 4.90 Å². The van der Waals surface area contributed by atoms with Crippen LogP contribution in [0.1, 0.15) is 10.4 Å². The van der Waals surface area contributed by atoms with Gasteiger partial charge in [-0.3, -0.25) is 9.59 Å². The number of para-hydroxylation sites is 1. The van der Waals surface area contributed by atoms with Gasteiger partial charge in [-0.2, -0.15) is 0 Å². The second-order valence-electron chi connectivity index (χ2n) is 7.11. The maximum absolute atomic E-state index is 12.8. The van der Waals surface area contributed by atoms with Crippen LogP contribution in [0.3, 0.4) is 0 Å². The SMILES string of the molecule is O=C(C(=O)N1CCN(c2ccc(-c3cccs3)nn2)CC1)c1c[nH]c2ccccc12. The van der Waals surface area contributed by atoms with Crippen molar-refractivity contribution in [1.82, 2.24) is 20.1 Å². The number of H-pyrrole nitrogens is 1. The summed E-state index contributed by atoms with van der Waals surface area (Å²) in [5.41, 5.74) is 2.13. The van der Waals surface area contributed by atoms with E-state index in [1.807, 2.05) is 53.9 Å². The van der Waals surface area contributed by atoms with E-state index in [1.54, 1.807) is 22.4 Å². The molecule has 150 valence electrons. The summed E-state index contributed by atoms with van der Waals surface area (Å²) in [5, 5.41) is 11.5. The molecular weight excluding hydrogens is 398 g/mol. The third kappa shape index (κ3) is 3.35. The lowest BCUT2D eigenvalue weighted by molar-refractivity contribution is -0.126. The number of aromatic nitrogens is 3. The van der Waals surface area contributed by atoms with Gasteiger partial charge in [-0.05, 0) is 29.6 Å². The van der Waals surface area contributed by atoms with Gasteiger partial charge < -0.3 is 14.8 Å². The van der Waals surface area contributed by atoms with Gasteiger partial charge in [0.25, 0.3) is 11.7 Å². The predicted octanol–water partition coefficient (Wildman–Crippen LogP) is 3.22. The van der Waals surface area contributed by atoms with Crippen molar-refractivity contribution in [3.8, 4) is 10.6 Å². The lowest BCUT2D eigenvalue weighted by Crippen LogP contribution is -2.50. The lowest BCUT2D eigenvalue weighted by Gasteiger charge is -2.34. The molecule has 4 heterocycles. The van der Waals surface area contributed by atoms with Gasteiger partial charge in [0, 0.05) is 43.3 Å². The molecule has 0 unspecified atom stereocenters. The number of ketones is 1. The van der Waals surface area contributed by atoms with E-state index >= 15 is 0 Å². The number of carbonyl (C=O) groups excluding carboxylic acids is 2. The van der Waals surface area contributed by atoms with Crippen molar-refractivity contribution < 1.29 is 9.59 Å². The van der Waals surface area contributed by atoms with E-state index in [2.05, 4.69) is 20.1 Å². The summed E-state index contributed by atoms with van der Waals surface area (Å²) in [7, 11) is 0. The van der Waals surface area contributed by atoms with Crippen LogP contribution in [-0.2, 0) is 4.79 Å². The number of thiophene rings is 1. The van der Waals surface area contributed by atoms with Crippen LogP contribution >= 0.6 is 11.3 Å². The van der Waals surface area contributed by atoms with E-state index in [9.17, 15) is 9.59 Å². The molecule has 0 radical (unpaired) electrons. The molecule has 30 heavy (non-hydrogen) atoms. The largest absolute Gasteiger partial charge is 0.360 e. The van der Waals surface area contributed by atoms with Crippen molar-refractivity contribution in [3.63, 3.8) is 0 Å². The van der Waals surface area contributed by atoms with Crippen molar-refractivity contribution in [3.05, 3.63) is 65.7 Å². The van der Waals surface area contributed by atoms with E-state index in [-0.39, 0.29) is 0 Å². The minimum atomic E-state index is -0.471. The Labute approximate surface area is 177 Å². The number of amides is 1. The summed E-state index contributed by atoms with van der Waals surface area (Å²) in [6.45, 7) is 2.17. The molecule has 1 amide bonds. The van der Waals surface area contributed by atoms with Crippen molar-refractivity contribution in [2.24, 2.45) is 0 Å². The molecule has 8 heteroatoms. The van der Waals surface area contributed by atoms with E-state index in [0.717, 1.165) is 27.3 Å². The van der Waals surface area contributed by atoms with Crippen molar-refractivity contribution in [1.29, 1.82) is 0 Å². The second kappa shape index (κ2) is 7.72. The Morgan fingerprint density at radius 3 is 2.50 bits per heavy atom. The Hall–Kier alpha value is -3.52. The summed E-state index contributed by atoms with van der Waals surface area (Å²) in [6, 6.07) is 15.4. The topological polar surface area (TPSA) is 82.2 Å². The number of rotatable bonds is 4. The van der Waals surface area contributed by atoms with E-state index in [0.29, 0.717) is 31.7 Å². The zero-order chi connectivity index (χ0) is 20.5. The van der Waals surface area contributed by atoms with Crippen LogP contribution in [-0.4, -0.2) is 58.0 Å². The number of hydrogen-bond acceptors (Lipinski definition) is 6. The van der Waals surface area contributed by atoms with Crippen LogP contribution in [0.15, 0.2) is 60.1 Å². The third-order valence-electron chi connectivity index (χ3n) is 5.34. The molecule has 0 saturated carbocycles. The minimum Gasteiger partial charge on any atom is -0.360 e. The van der Waals surface area contributed by atoms with E-state index in [1.165, 1.54) is 0 Å². The number of aromatic amines is 1. The smallest absolute Gasteiger partial charge is 0.295 e.